The van der Waals surface area contributed by atoms with Gasteiger partial charge in [0.15, 0.2) is 0 Å². The minimum Gasteiger partial charge on any atom is -0.394 e. The van der Waals surface area contributed by atoms with Gasteiger partial charge >= 0.3 is 0 Å². The Bertz CT molecular complexity index is 404. The van der Waals surface area contributed by atoms with Crippen LogP contribution >= 0.6 is 0 Å². The number of aliphatic hydroxyl groups is 1. The van der Waals surface area contributed by atoms with Gasteiger partial charge in [-0.05, 0) is 5.92 Å². The Labute approximate surface area is 107 Å². The number of anilines is 1. The molecular weight excluding hydrogens is 234 g/mol. The maximum Gasteiger partial charge on any atom is 0.268 e. The summed E-state index contributed by atoms with van der Waals surface area (Å²) in [5, 5.41) is 15.7. The molecule has 0 spiro atoms. The molecule has 0 unspecified atom stereocenters. The van der Waals surface area contributed by atoms with Crippen LogP contribution in [0.15, 0.2) is 17.1 Å². The molecule has 1 rings (SSSR count). The summed E-state index contributed by atoms with van der Waals surface area (Å²) in [7, 11) is 0. The van der Waals surface area contributed by atoms with Crippen LogP contribution < -0.4 is 10.9 Å². The molecule has 2 N–H and O–H groups in total. The molecule has 1 aromatic rings. The molecule has 0 aliphatic heterocycles. The van der Waals surface area contributed by atoms with Crippen molar-refractivity contribution in [1.82, 2.24) is 9.78 Å². The topological polar surface area (TPSA) is 76.4 Å². The molecule has 0 aromatic carbocycles. The molecule has 0 saturated carbocycles. The number of aliphatic hydroxyl groups excluding tert-OH is 1. The summed E-state index contributed by atoms with van der Waals surface area (Å²) in [6.07, 6.45) is 1.63. The van der Waals surface area contributed by atoms with E-state index in [1.165, 1.54) is 10.7 Å². The predicted molar refractivity (Wildman–Crippen MR) is 69.7 cm³/mol. The summed E-state index contributed by atoms with van der Waals surface area (Å²) in [6.45, 7) is 6.03. The first-order valence-electron chi connectivity index (χ1n) is 6.13. The summed E-state index contributed by atoms with van der Waals surface area (Å²) < 4.78 is 6.43. The zero-order chi connectivity index (χ0) is 13.4. The van der Waals surface area contributed by atoms with E-state index in [1.807, 2.05) is 0 Å². The van der Waals surface area contributed by atoms with Gasteiger partial charge in [0.1, 0.15) is 0 Å². The Balaban J connectivity index is 2.49. The van der Waals surface area contributed by atoms with Gasteiger partial charge in [0.05, 0.1) is 38.2 Å². The molecule has 0 aliphatic rings. The van der Waals surface area contributed by atoms with E-state index in [2.05, 4.69) is 24.3 Å². The van der Waals surface area contributed by atoms with Crippen molar-refractivity contribution < 1.29 is 9.84 Å². The molecule has 0 amide bonds. The lowest BCUT2D eigenvalue weighted by atomic mass is 10.2. The van der Waals surface area contributed by atoms with Gasteiger partial charge in [-0.3, -0.25) is 4.79 Å². The van der Waals surface area contributed by atoms with E-state index in [4.69, 9.17) is 9.84 Å². The van der Waals surface area contributed by atoms with Crippen molar-refractivity contribution >= 4 is 5.69 Å². The number of hydrogen-bond donors (Lipinski definition) is 2. The second-order valence-corrected chi connectivity index (χ2v) is 4.42. The van der Waals surface area contributed by atoms with E-state index >= 15 is 0 Å². The first-order valence-corrected chi connectivity index (χ1v) is 6.13. The monoisotopic (exact) mass is 255 g/mol. The number of ether oxygens (including phenoxy) is 1. The minimum absolute atomic E-state index is 0.0135. The minimum atomic E-state index is -0.156. The van der Waals surface area contributed by atoms with Crippen molar-refractivity contribution in [2.24, 2.45) is 5.92 Å². The molecule has 0 saturated heterocycles. The average Bonchev–Trinajstić information content (AvgIpc) is 2.34. The molecule has 0 bridgehead atoms. The Kier molecular flexibility index (Phi) is 6.38. The fourth-order valence-corrected chi connectivity index (χ4v) is 1.34. The van der Waals surface area contributed by atoms with Crippen molar-refractivity contribution in [3.63, 3.8) is 0 Å². The fraction of sp³-hybridized carbons (Fsp3) is 0.667. The molecule has 6 nitrogen and oxygen atoms in total. The molecule has 0 aliphatic carbocycles. The number of nitrogens with one attached hydrogen (secondary N) is 1. The first kappa shape index (κ1) is 14.7. The SMILES string of the molecule is CC(C)CNc1cnn(CCOCCO)c(=O)c1. The van der Waals surface area contributed by atoms with Crippen LogP contribution in [0.25, 0.3) is 0 Å². The van der Waals surface area contributed by atoms with Crippen molar-refractivity contribution in [2.45, 2.75) is 20.4 Å². The lowest BCUT2D eigenvalue weighted by molar-refractivity contribution is 0.0847. The van der Waals surface area contributed by atoms with E-state index in [1.54, 1.807) is 6.20 Å². The van der Waals surface area contributed by atoms with E-state index in [9.17, 15) is 4.79 Å². The standard InChI is InChI=1S/C12H21N3O3/c1-10(2)8-13-11-7-12(17)15(14-9-11)3-5-18-6-4-16/h7,9-10,13,16H,3-6,8H2,1-2H3. The normalized spacial score (nSPS) is 10.9. The fourth-order valence-electron chi connectivity index (χ4n) is 1.34. The first-order chi connectivity index (χ1) is 8.63. The largest absolute Gasteiger partial charge is 0.394 e. The number of nitrogens with zero attached hydrogens (tertiary/aromatic N) is 2. The highest BCUT2D eigenvalue weighted by Gasteiger charge is 2.01. The van der Waals surface area contributed by atoms with Gasteiger partial charge in [0.25, 0.3) is 5.56 Å². The second-order valence-electron chi connectivity index (χ2n) is 4.42. The lowest BCUT2D eigenvalue weighted by Crippen LogP contribution is -2.25. The predicted octanol–water partition coefficient (Wildman–Crippen LogP) is 0.320. The molecule has 102 valence electrons. The van der Waals surface area contributed by atoms with Crippen LogP contribution in [0.2, 0.25) is 0 Å². The molecule has 1 aromatic heterocycles. The van der Waals surface area contributed by atoms with Crippen molar-refractivity contribution in [1.29, 1.82) is 0 Å². The van der Waals surface area contributed by atoms with Crippen LogP contribution in [0.4, 0.5) is 5.69 Å². The Hall–Kier alpha value is -1.40. The van der Waals surface area contributed by atoms with Crippen LogP contribution in [0.5, 0.6) is 0 Å². The average molecular weight is 255 g/mol. The third kappa shape index (κ3) is 5.29. The smallest absolute Gasteiger partial charge is 0.268 e. The maximum atomic E-state index is 11.7. The summed E-state index contributed by atoms with van der Waals surface area (Å²) in [4.78, 5) is 11.7. The highest BCUT2D eigenvalue weighted by atomic mass is 16.5. The summed E-state index contributed by atoms with van der Waals surface area (Å²) >= 11 is 0. The van der Waals surface area contributed by atoms with Crippen molar-refractivity contribution in [3.8, 4) is 0 Å². The highest BCUT2D eigenvalue weighted by Crippen LogP contribution is 2.01. The molecule has 6 heteroatoms. The zero-order valence-corrected chi connectivity index (χ0v) is 10.9. The quantitative estimate of drug-likeness (QED) is 0.654. The lowest BCUT2D eigenvalue weighted by Gasteiger charge is -2.09. The van der Waals surface area contributed by atoms with E-state index in [-0.39, 0.29) is 18.8 Å². The molecule has 18 heavy (non-hydrogen) atoms. The number of hydrogen-bond acceptors (Lipinski definition) is 5. The van der Waals surface area contributed by atoms with Crippen molar-refractivity contribution in [2.75, 3.05) is 31.7 Å². The van der Waals surface area contributed by atoms with Gasteiger partial charge < -0.3 is 15.2 Å². The van der Waals surface area contributed by atoms with Crippen LogP contribution in [0.3, 0.4) is 0 Å². The van der Waals surface area contributed by atoms with Crippen LogP contribution in [0, 0.1) is 5.92 Å². The molecule has 1 heterocycles. The Morgan fingerprint density at radius 1 is 1.50 bits per heavy atom. The molecule has 0 radical (unpaired) electrons. The van der Waals surface area contributed by atoms with Gasteiger partial charge in [-0.15, -0.1) is 0 Å². The highest BCUT2D eigenvalue weighted by molar-refractivity contribution is 5.38. The van der Waals surface area contributed by atoms with Crippen LogP contribution in [-0.2, 0) is 11.3 Å². The summed E-state index contributed by atoms with van der Waals surface area (Å²) in [5.41, 5.74) is 0.581. The number of rotatable bonds is 8. The second kappa shape index (κ2) is 7.84. The van der Waals surface area contributed by atoms with Crippen molar-refractivity contribution in [3.05, 3.63) is 22.6 Å². The van der Waals surface area contributed by atoms with Gasteiger partial charge in [0.2, 0.25) is 0 Å². The van der Waals surface area contributed by atoms with E-state index in [0.717, 1.165) is 12.2 Å². The maximum absolute atomic E-state index is 11.7. The van der Waals surface area contributed by atoms with Crippen LogP contribution in [0.1, 0.15) is 13.8 Å². The van der Waals surface area contributed by atoms with Gasteiger partial charge in [0, 0.05) is 12.6 Å². The third-order valence-corrected chi connectivity index (χ3v) is 2.27. The van der Waals surface area contributed by atoms with Gasteiger partial charge in [-0.1, -0.05) is 13.8 Å². The van der Waals surface area contributed by atoms with E-state index < -0.39 is 0 Å². The Morgan fingerprint density at radius 3 is 2.89 bits per heavy atom. The molecular formula is C12H21N3O3. The molecule has 0 atom stereocenters. The summed E-state index contributed by atoms with van der Waals surface area (Å²) in [6, 6.07) is 1.53. The van der Waals surface area contributed by atoms with Crippen LogP contribution in [-0.4, -0.2) is 41.3 Å². The summed E-state index contributed by atoms with van der Waals surface area (Å²) in [5.74, 6) is 0.513. The molecule has 0 fully saturated rings. The number of aromatic nitrogens is 2. The third-order valence-electron chi connectivity index (χ3n) is 2.27. The van der Waals surface area contributed by atoms with E-state index in [0.29, 0.717) is 19.1 Å². The zero-order valence-electron chi connectivity index (χ0n) is 10.9. The van der Waals surface area contributed by atoms with Gasteiger partial charge in [-0.2, -0.15) is 5.10 Å². The Morgan fingerprint density at radius 2 is 2.28 bits per heavy atom. The van der Waals surface area contributed by atoms with Gasteiger partial charge in [-0.25, -0.2) is 4.68 Å².